The highest BCUT2D eigenvalue weighted by Crippen LogP contribution is 2.46. The highest BCUT2D eigenvalue weighted by molar-refractivity contribution is 6.21. The Morgan fingerprint density at radius 3 is 1.29 bits per heavy atom. The summed E-state index contributed by atoms with van der Waals surface area (Å²) >= 11 is 0. The molecule has 0 atom stereocenters. The van der Waals surface area contributed by atoms with Crippen LogP contribution in [0.4, 0.5) is 17.1 Å². The van der Waals surface area contributed by atoms with Crippen LogP contribution in [0.15, 0.2) is 152 Å². The Kier molecular flexibility index (Phi) is 6.34. The molecular formula is C40H31N. The molecule has 0 saturated heterocycles. The Balaban J connectivity index is 1.50. The Bertz CT molecular complexity index is 1890. The van der Waals surface area contributed by atoms with E-state index in [2.05, 4.69) is 170 Å². The van der Waals surface area contributed by atoms with Crippen LogP contribution >= 0.6 is 0 Å². The van der Waals surface area contributed by atoms with Crippen LogP contribution in [0.3, 0.4) is 0 Å². The van der Waals surface area contributed by atoms with E-state index in [9.17, 15) is 0 Å². The fraction of sp³-hybridized carbons (Fsp3) is 0.0500. The van der Waals surface area contributed by atoms with Crippen molar-refractivity contribution in [1.82, 2.24) is 0 Å². The van der Waals surface area contributed by atoms with Gasteiger partial charge >= 0.3 is 0 Å². The van der Waals surface area contributed by atoms with Crippen molar-refractivity contribution in [2.45, 2.75) is 13.8 Å². The number of hydrogen-bond donors (Lipinski definition) is 0. The molecule has 7 aromatic carbocycles. The van der Waals surface area contributed by atoms with Crippen molar-refractivity contribution in [3.8, 4) is 22.3 Å². The fourth-order valence-corrected chi connectivity index (χ4v) is 6.23. The first-order chi connectivity index (χ1) is 20.2. The van der Waals surface area contributed by atoms with Gasteiger partial charge in [-0.2, -0.15) is 0 Å². The molecule has 0 unspecified atom stereocenters. The average molecular weight is 526 g/mol. The van der Waals surface area contributed by atoms with Crippen molar-refractivity contribution in [3.05, 3.63) is 163 Å². The van der Waals surface area contributed by atoms with Gasteiger partial charge in [0.2, 0.25) is 0 Å². The fourth-order valence-electron chi connectivity index (χ4n) is 6.23. The first-order valence-corrected chi connectivity index (χ1v) is 14.2. The summed E-state index contributed by atoms with van der Waals surface area (Å²) < 4.78 is 0. The van der Waals surface area contributed by atoms with Crippen molar-refractivity contribution >= 4 is 38.6 Å². The minimum Gasteiger partial charge on any atom is -0.310 e. The molecule has 0 saturated carbocycles. The molecule has 0 radical (unpaired) electrons. The SMILES string of the molecule is Cc1cc(N(c2ccccc2)c2ccccc2)c(C)cc1-c1c2ccccc2c(-c2ccccc2)c2ccccc12. The predicted octanol–water partition coefficient (Wildman–Crippen LogP) is 11.4. The van der Waals surface area contributed by atoms with E-state index < -0.39 is 0 Å². The van der Waals surface area contributed by atoms with Crippen molar-refractivity contribution in [3.63, 3.8) is 0 Å². The molecular weight excluding hydrogens is 494 g/mol. The van der Waals surface area contributed by atoms with Crippen LogP contribution in [0.2, 0.25) is 0 Å². The quantitative estimate of drug-likeness (QED) is 0.202. The standard InChI is InChI=1S/C40H31N/c1-28-27-38(41(31-18-8-4-9-19-31)32-20-10-5-11-21-32)29(2)26-37(28)40-35-24-14-12-22-33(35)39(30-16-6-3-7-17-30)34-23-13-15-25-36(34)40/h3-27H,1-2H3. The van der Waals surface area contributed by atoms with Crippen molar-refractivity contribution in [1.29, 1.82) is 0 Å². The summed E-state index contributed by atoms with van der Waals surface area (Å²) in [7, 11) is 0. The molecule has 7 rings (SSSR count). The third-order valence-electron chi connectivity index (χ3n) is 8.08. The van der Waals surface area contributed by atoms with Gasteiger partial charge in [-0.3, -0.25) is 0 Å². The lowest BCUT2D eigenvalue weighted by Crippen LogP contribution is -2.11. The number of aryl methyl sites for hydroxylation is 2. The van der Waals surface area contributed by atoms with Gasteiger partial charge in [0.1, 0.15) is 0 Å². The molecule has 0 aliphatic carbocycles. The molecule has 0 aliphatic rings. The van der Waals surface area contributed by atoms with Gasteiger partial charge in [-0.25, -0.2) is 0 Å². The highest BCUT2D eigenvalue weighted by atomic mass is 15.1. The second-order valence-corrected chi connectivity index (χ2v) is 10.7. The zero-order chi connectivity index (χ0) is 27.8. The van der Waals surface area contributed by atoms with E-state index in [4.69, 9.17) is 0 Å². The molecule has 7 aromatic rings. The normalized spacial score (nSPS) is 11.2. The smallest absolute Gasteiger partial charge is 0.0493 e. The molecule has 1 heteroatoms. The first kappa shape index (κ1) is 24.9. The molecule has 0 fully saturated rings. The summed E-state index contributed by atoms with van der Waals surface area (Å²) in [5.41, 5.74) is 11.1. The van der Waals surface area contributed by atoms with Crippen LogP contribution in [0.25, 0.3) is 43.8 Å². The number of anilines is 3. The maximum Gasteiger partial charge on any atom is 0.0493 e. The van der Waals surface area contributed by atoms with Crippen LogP contribution in [0.1, 0.15) is 11.1 Å². The molecule has 0 aliphatic heterocycles. The van der Waals surface area contributed by atoms with Gasteiger partial charge in [-0.05, 0) is 105 Å². The van der Waals surface area contributed by atoms with Crippen LogP contribution < -0.4 is 4.90 Å². The highest BCUT2D eigenvalue weighted by Gasteiger charge is 2.20. The van der Waals surface area contributed by atoms with Crippen molar-refractivity contribution in [2.24, 2.45) is 0 Å². The predicted molar refractivity (Wildman–Crippen MR) is 176 cm³/mol. The summed E-state index contributed by atoms with van der Waals surface area (Å²) in [5.74, 6) is 0. The van der Waals surface area contributed by atoms with E-state index in [1.165, 1.54) is 60.6 Å². The van der Waals surface area contributed by atoms with E-state index in [1.807, 2.05) is 0 Å². The topological polar surface area (TPSA) is 3.24 Å². The molecule has 0 N–H and O–H groups in total. The molecule has 0 aromatic heterocycles. The van der Waals surface area contributed by atoms with Gasteiger partial charge in [-0.1, -0.05) is 115 Å². The largest absolute Gasteiger partial charge is 0.310 e. The summed E-state index contributed by atoms with van der Waals surface area (Å²) in [6, 6.07) is 54.6. The van der Waals surface area contributed by atoms with Gasteiger partial charge in [0.05, 0.1) is 0 Å². The summed E-state index contributed by atoms with van der Waals surface area (Å²) in [5, 5.41) is 5.12. The van der Waals surface area contributed by atoms with E-state index >= 15 is 0 Å². The molecule has 41 heavy (non-hydrogen) atoms. The Morgan fingerprint density at radius 2 is 0.805 bits per heavy atom. The third kappa shape index (κ3) is 4.37. The minimum absolute atomic E-state index is 1.15. The molecule has 0 spiro atoms. The van der Waals surface area contributed by atoms with Crippen LogP contribution in [0.5, 0.6) is 0 Å². The Labute approximate surface area is 242 Å². The molecule has 196 valence electrons. The molecule has 0 bridgehead atoms. The lowest BCUT2D eigenvalue weighted by atomic mass is 9.84. The summed E-state index contributed by atoms with van der Waals surface area (Å²) in [6.07, 6.45) is 0. The monoisotopic (exact) mass is 525 g/mol. The van der Waals surface area contributed by atoms with Crippen LogP contribution in [-0.2, 0) is 0 Å². The number of fused-ring (bicyclic) bond motifs is 2. The number of para-hydroxylation sites is 2. The molecule has 0 amide bonds. The van der Waals surface area contributed by atoms with Gasteiger partial charge < -0.3 is 4.90 Å². The summed E-state index contributed by atoms with van der Waals surface area (Å²) in [4.78, 5) is 2.36. The summed E-state index contributed by atoms with van der Waals surface area (Å²) in [6.45, 7) is 4.49. The van der Waals surface area contributed by atoms with Gasteiger partial charge in [0.15, 0.2) is 0 Å². The average Bonchev–Trinajstić information content (AvgIpc) is 3.03. The van der Waals surface area contributed by atoms with Gasteiger partial charge in [-0.15, -0.1) is 0 Å². The number of nitrogens with zero attached hydrogens (tertiary/aromatic N) is 1. The van der Waals surface area contributed by atoms with Crippen LogP contribution in [0, 0.1) is 13.8 Å². The van der Waals surface area contributed by atoms with Crippen molar-refractivity contribution in [2.75, 3.05) is 4.90 Å². The number of benzene rings is 7. The second kappa shape index (κ2) is 10.4. The van der Waals surface area contributed by atoms with Gasteiger partial charge in [0.25, 0.3) is 0 Å². The first-order valence-electron chi connectivity index (χ1n) is 14.2. The Morgan fingerprint density at radius 1 is 0.390 bits per heavy atom. The maximum absolute atomic E-state index is 2.39. The van der Waals surface area contributed by atoms with E-state index in [0.29, 0.717) is 0 Å². The Hall–Kier alpha value is -5.14. The molecule has 0 heterocycles. The van der Waals surface area contributed by atoms with Gasteiger partial charge in [0, 0.05) is 17.1 Å². The third-order valence-corrected chi connectivity index (χ3v) is 8.08. The zero-order valence-corrected chi connectivity index (χ0v) is 23.4. The number of hydrogen-bond acceptors (Lipinski definition) is 1. The zero-order valence-electron chi connectivity index (χ0n) is 23.4. The van der Waals surface area contributed by atoms with Crippen LogP contribution in [-0.4, -0.2) is 0 Å². The van der Waals surface area contributed by atoms with E-state index in [-0.39, 0.29) is 0 Å². The molecule has 1 nitrogen and oxygen atoms in total. The second-order valence-electron chi connectivity index (χ2n) is 10.7. The van der Waals surface area contributed by atoms with E-state index in [1.54, 1.807) is 0 Å². The number of rotatable bonds is 5. The minimum atomic E-state index is 1.15. The van der Waals surface area contributed by atoms with E-state index in [0.717, 1.165) is 11.4 Å². The van der Waals surface area contributed by atoms with Crippen molar-refractivity contribution < 1.29 is 0 Å². The lowest BCUT2D eigenvalue weighted by molar-refractivity contribution is 1.24. The maximum atomic E-state index is 2.39. The lowest BCUT2D eigenvalue weighted by Gasteiger charge is -2.28.